The summed E-state index contributed by atoms with van der Waals surface area (Å²) in [6, 6.07) is -0.665. The minimum absolute atomic E-state index is 0.121. The summed E-state index contributed by atoms with van der Waals surface area (Å²) in [5.74, 6) is -0.121. The largest absolute Gasteiger partial charge is 0.345 e. The minimum atomic E-state index is -0.379. The second-order valence-corrected chi connectivity index (χ2v) is 4.75. The maximum absolute atomic E-state index is 11.8. The Morgan fingerprint density at radius 1 is 1.40 bits per heavy atom. The molecule has 0 fully saturated rings. The van der Waals surface area contributed by atoms with Crippen LogP contribution >= 0.6 is 0 Å². The van der Waals surface area contributed by atoms with Crippen LogP contribution in [0.4, 0.5) is 0 Å². The molecule has 0 heterocycles. The lowest BCUT2D eigenvalue weighted by molar-refractivity contribution is -0.127. The van der Waals surface area contributed by atoms with E-state index < -0.39 is 0 Å². The Bertz CT molecular complexity index is 221. The average Bonchev–Trinajstić information content (AvgIpc) is 2.12. The zero-order chi connectivity index (χ0) is 12.1. The number of nitrogens with one attached hydrogen (secondary N) is 2. The molecule has 2 unspecified atom stereocenters. The van der Waals surface area contributed by atoms with Crippen molar-refractivity contribution in [3.63, 3.8) is 0 Å². The molecule has 0 aromatic carbocycles. The summed E-state index contributed by atoms with van der Waals surface area (Å²) in [6.07, 6.45) is 1.39. The highest BCUT2D eigenvalue weighted by molar-refractivity contribution is 5.85. The first-order valence-electron chi connectivity index (χ1n) is 5.29. The molecule has 0 rings (SSSR count). The van der Waals surface area contributed by atoms with Gasteiger partial charge in [0.2, 0.25) is 5.91 Å². The second-order valence-electron chi connectivity index (χ2n) is 4.75. The summed E-state index contributed by atoms with van der Waals surface area (Å²) < 4.78 is 0. The van der Waals surface area contributed by atoms with E-state index in [4.69, 9.17) is 0 Å². The zero-order valence-corrected chi connectivity index (χ0v) is 10.3. The van der Waals surface area contributed by atoms with Crippen molar-refractivity contribution in [1.29, 1.82) is 0 Å². The van der Waals surface area contributed by atoms with Crippen LogP contribution in [0, 0.1) is 5.41 Å². The third-order valence-electron chi connectivity index (χ3n) is 2.35. The van der Waals surface area contributed by atoms with E-state index in [0.717, 1.165) is 6.29 Å². The molecule has 0 aromatic rings. The highest BCUT2D eigenvalue weighted by Gasteiger charge is 2.30. The molecule has 0 aromatic heterocycles. The fourth-order valence-corrected chi connectivity index (χ4v) is 1.46. The highest BCUT2D eigenvalue weighted by atomic mass is 16.2. The Hall–Kier alpha value is -0.900. The quantitative estimate of drug-likeness (QED) is 0.663. The Labute approximate surface area is 91.8 Å². The maximum atomic E-state index is 11.8. The van der Waals surface area contributed by atoms with E-state index in [0.29, 0.717) is 6.42 Å². The number of rotatable bonds is 5. The number of aldehydes is 1. The number of amides is 1. The number of hydrogen-bond donors (Lipinski definition) is 2. The first-order chi connectivity index (χ1) is 6.86. The summed E-state index contributed by atoms with van der Waals surface area (Å²) >= 11 is 0. The van der Waals surface area contributed by atoms with Gasteiger partial charge >= 0.3 is 0 Å². The smallest absolute Gasteiger partial charge is 0.238 e. The summed E-state index contributed by atoms with van der Waals surface area (Å²) in [5, 5.41) is 5.67. The molecule has 2 N–H and O–H groups in total. The Balaban J connectivity index is 4.47. The summed E-state index contributed by atoms with van der Waals surface area (Å²) in [4.78, 5) is 22.4. The molecule has 0 spiro atoms. The van der Waals surface area contributed by atoms with Crippen LogP contribution in [0.5, 0.6) is 0 Å². The third kappa shape index (κ3) is 4.42. The van der Waals surface area contributed by atoms with E-state index >= 15 is 0 Å². The average molecular weight is 214 g/mol. The molecule has 0 aliphatic rings. The van der Waals surface area contributed by atoms with Gasteiger partial charge in [-0.1, -0.05) is 27.7 Å². The van der Waals surface area contributed by atoms with Crippen molar-refractivity contribution in [2.45, 2.75) is 46.2 Å². The predicted molar refractivity (Wildman–Crippen MR) is 60.6 cm³/mol. The molecule has 0 saturated carbocycles. The van der Waals surface area contributed by atoms with Gasteiger partial charge in [0.1, 0.15) is 6.29 Å². The van der Waals surface area contributed by atoms with Gasteiger partial charge in [-0.05, 0) is 18.9 Å². The number of carbonyl (C=O) groups excluding carboxylic acids is 2. The normalized spacial score (nSPS) is 15.5. The van der Waals surface area contributed by atoms with Crippen LogP contribution < -0.4 is 10.6 Å². The highest BCUT2D eigenvalue weighted by Crippen LogP contribution is 2.19. The third-order valence-corrected chi connectivity index (χ3v) is 2.35. The van der Waals surface area contributed by atoms with Gasteiger partial charge in [-0.3, -0.25) is 4.79 Å². The molecule has 0 saturated heterocycles. The van der Waals surface area contributed by atoms with Gasteiger partial charge in [0.15, 0.2) is 0 Å². The van der Waals surface area contributed by atoms with E-state index in [1.165, 1.54) is 0 Å². The van der Waals surface area contributed by atoms with Crippen LogP contribution in [-0.2, 0) is 9.59 Å². The molecule has 4 nitrogen and oxygen atoms in total. The Kier molecular flexibility index (Phi) is 5.50. The molecular formula is C11H22N2O2. The van der Waals surface area contributed by atoms with E-state index in [2.05, 4.69) is 10.6 Å². The van der Waals surface area contributed by atoms with Crippen molar-refractivity contribution in [2.24, 2.45) is 5.41 Å². The number of likely N-dealkylation sites (N-methyl/N-ethyl adjacent to an activating group) is 1. The SMILES string of the molecule is CCC(C=O)NC(=O)C(NC)C(C)(C)C. The van der Waals surface area contributed by atoms with Crippen LogP contribution in [0.2, 0.25) is 0 Å². The van der Waals surface area contributed by atoms with E-state index in [-0.39, 0.29) is 23.4 Å². The number of hydrogen-bond acceptors (Lipinski definition) is 3. The number of carbonyl (C=O) groups is 2. The van der Waals surface area contributed by atoms with Crippen molar-refractivity contribution >= 4 is 12.2 Å². The Morgan fingerprint density at radius 3 is 2.20 bits per heavy atom. The molecule has 0 aliphatic heterocycles. The minimum Gasteiger partial charge on any atom is -0.345 e. The van der Waals surface area contributed by atoms with E-state index in [1.807, 2.05) is 27.7 Å². The second kappa shape index (κ2) is 5.85. The van der Waals surface area contributed by atoms with Crippen LogP contribution in [0.1, 0.15) is 34.1 Å². The van der Waals surface area contributed by atoms with Crippen molar-refractivity contribution in [2.75, 3.05) is 7.05 Å². The first-order valence-corrected chi connectivity index (χ1v) is 5.29. The zero-order valence-electron chi connectivity index (χ0n) is 10.3. The molecule has 2 atom stereocenters. The molecule has 0 bridgehead atoms. The van der Waals surface area contributed by atoms with E-state index in [9.17, 15) is 9.59 Å². The first kappa shape index (κ1) is 14.1. The Morgan fingerprint density at radius 2 is 1.93 bits per heavy atom. The standard InChI is InChI=1S/C11H22N2O2/c1-6-8(7-14)13-10(15)9(12-5)11(2,3)4/h7-9,12H,6H2,1-5H3,(H,13,15). The molecule has 88 valence electrons. The lowest BCUT2D eigenvalue weighted by Gasteiger charge is -2.29. The lowest BCUT2D eigenvalue weighted by Crippen LogP contribution is -2.52. The van der Waals surface area contributed by atoms with Crippen LogP contribution in [0.25, 0.3) is 0 Å². The van der Waals surface area contributed by atoms with E-state index in [1.54, 1.807) is 7.05 Å². The molecule has 0 radical (unpaired) electrons. The fraction of sp³-hybridized carbons (Fsp3) is 0.818. The van der Waals surface area contributed by atoms with Gasteiger partial charge in [0.05, 0.1) is 12.1 Å². The van der Waals surface area contributed by atoms with Crippen LogP contribution in [-0.4, -0.2) is 31.3 Å². The summed E-state index contributed by atoms with van der Waals surface area (Å²) in [7, 11) is 1.75. The van der Waals surface area contributed by atoms with Gasteiger partial charge in [-0.15, -0.1) is 0 Å². The van der Waals surface area contributed by atoms with Gasteiger partial charge in [-0.2, -0.15) is 0 Å². The topological polar surface area (TPSA) is 58.2 Å². The van der Waals surface area contributed by atoms with Crippen LogP contribution in [0.3, 0.4) is 0 Å². The molecule has 15 heavy (non-hydrogen) atoms. The van der Waals surface area contributed by atoms with Gasteiger partial charge < -0.3 is 15.4 Å². The summed E-state index contributed by atoms with van der Waals surface area (Å²) in [5.41, 5.74) is -0.167. The molecule has 1 amide bonds. The predicted octanol–water partition coefficient (Wildman–Crippen LogP) is 0.714. The van der Waals surface area contributed by atoms with Crippen molar-refractivity contribution in [3.8, 4) is 0 Å². The fourth-order valence-electron chi connectivity index (χ4n) is 1.46. The molecule has 0 aliphatic carbocycles. The maximum Gasteiger partial charge on any atom is 0.238 e. The van der Waals surface area contributed by atoms with Crippen molar-refractivity contribution in [3.05, 3.63) is 0 Å². The lowest BCUT2D eigenvalue weighted by atomic mass is 9.86. The van der Waals surface area contributed by atoms with Crippen molar-refractivity contribution < 1.29 is 9.59 Å². The molecule has 4 heteroatoms. The summed E-state index contributed by atoms with van der Waals surface area (Å²) in [6.45, 7) is 7.81. The van der Waals surface area contributed by atoms with Crippen LogP contribution in [0.15, 0.2) is 0 Å². The molecular weight excluding hydrogens is 192 g/mol. The monoisotopic (exact) mass is 214 g/mol. The van der Waals surface area contributed by atoms with Gasteiger partial charge in [-0.25, -0.2) is 0 Å². The van der Waals surface area contributed by atoms with Gasteiger partial charge in [0.25, 0.3) is 0 Å². The van der Waals surface area contributed by atoms with Crippen molar-refractivity contribution in [1.82, 2.24) is 10.6 Å². The van der Waals surface area contributed by atoms with Gasteiger partial charge in [0, 0.05) is 0 Å².